The Labute approximate surface area is 344 Å². The van der Waals surface area contributed by atoms with Crippen molar-refractivity contribution < 1.29 is 38.4 Å². The third kappa shape index (κ3) is 8.00. The first-order valence-electron chi connectivity index (χ1n) is 19.0. The second-order valence-corrected chi connectivity index (χ2v) is 13.7. The van der Waals surface area contributed by atoms with E-state index in [0.29, 0.717) is 50.5 Å². The number of nitrogens with one attached hydrogen (secondary N) is 3. The number of hydrogen-bond donors (Lipinski definition) is 4. The normalized spacial score (nSPS) is 11.7. The van der Waals surface area contributed by atoms with Crippen LogP contribution in [-0.2, 0) is 18.9 Å². The number of benzene rings is 3. The highest BCUT2D eigenvalue weighted by Crippen LogP contribution is 2.37. The van der Waals surface area contributed by atoms with Crippen LogP contribution in [0, 0.1) is 0 Å². The number of carbonyl (C=O) groups is 3. The number of hydrogen-bond acceptors (Lipinski definition) is 10. The van der Waals surface area contributed by atoms with Crippen molar-refractivity contribution in [2.75, 3.05) is 41.0 Å². The number of fused-ring (bicyclic) bond motifs is 8. The number of aliphatic hydroxyl groups is 1. The molecule has 8 bridgehead atoms. The van der Waals surface area contributed by atoms with Crippen LogP contribution in [0.3, 0.4) is 0 Å². The predicted octanol–water partition coefficient (Wildman–Crippen LogP) is 7.90. The predicted molar refractivity (Wildman–Crippen MR) is 229 cm³/mol. The second kappa shape index (κ2) is 17.6. The van der Waals surface area contributed by atoms with Crippen LogP contribution in [-0.4, -0.2) is 83.8 Å². The van der Waals surface area contributed by atoms with Crippen molar-refractivity contribution in [1.29, 1.82) is 0 Å². The first-order chi connectivity index (χ1) is 29.4. The number of H-pyrrole nitrogens is 2. The number of nitrogens with zero attached hydrogens (tertiary/aromatic N) is 2. The van der Waals surface area contributed by atoms with Gasteiger partial charge in [-0.25, -0.2) is 19.6 Å². The Morgan fingerprint density at radius 2 is 1.07 bits per heavy atom. The van der Waals surface area contributed by atoms with Crippen LogP contribution in [0.4, 0.5) is 0 Å². The van der Waals surface area contributed by atoms with Gasteiger partial charge in [0.1, 0.15) is 18.9 Å². The van der Waals surface area contributed by atoms with Gasteiger partial charge in [0.25, 0.3) is 5.91 Å². The van der Waals surface area contributed by atoms with Gasteiger partial charge in [-0.2, -0.15) is 0 Å². The smallest absolute Gasteiger partial charge is 0.344 e. The number of aromatic nitrogens is 4. The lowest BCUT2D eigenvalue weighted by atomic mass is 10.0. The van der Waals surface area contributed by atoms with Crippen molar-refractivity contribution in [3.05, 3.63) is 143 Å². The van der Waals surface area contributed by atoms with Crippen LogP contribution in [0.1, 0.15) is 53.8 Å². The summed E-state index contributed by atoms with van der Waals surface area (Å²) in [5.74, 6) is -1.49. The van der Waals surface area contributed by atoms with Gasteiger partial charge >= 0.3 is 11.9 Å². The van der Waals surface area contributed by atoms with Gasteiger partial charge in [-0.1, -0.05) is 54.6 Å². The Hall–Kier alpha value is -7.45. The molecule has 5 heterocycles. The standard InChI is InChI=1S/C47H39N5O8/c1-57-26-48-45(54)31-12-8-29(9-13-31)42-35-18-16-33(49-35)41(28-6-4-3-5-7-28)34-17-19-36(50-34)43(30-10-14-32(15-11-30)46(55)59-25-24-53)38-21-23-40(52-38)44(47(56)60-27-58-2)39-22-20-37(42)51-39/h3-23,49,52-53H,24-27H2,1-2H3,(H,48,54). The molecule has 0 unspecified atom stereocenters. The number of amides is 1. The Bertz CT molecular complexity index is 2760. The van der Waals surface area contributed by atoms with E-state index < -0.39 is 11.9 Å². The minimum absolute atomic E-state index is 0.0779. The number of aliphatic hydroxyl groups excluding tert-OH is 1. The fourth-order valence-electron chi connectivity index (χ4n) is 7.14. The number of esters is 2. The molecule has 4 N–H and O–H groups in total. The molecular formula is C47H39N5O8. The second-order valence-electron chi connectivity index (χ2n) is 13.7. The molecule has 0 atom stereocenters. The molecule has 3 aromatic heterocycles. The molecule has 300 valence electrons. The fraction of sp³-hybridized carbons (Fsp3) is 0.128. The highest BCUT2D eigenvalue weighted by atomic mass is 16.7. The average Bonchev–Trinajstić information content (AvgIpc) is 4.13. The summed E-state index contributed by atoms with van der Waals surface area (Å²) in [5, 5.41) is 11.9. The topological polar surface area (TPSA) is 178 Å². The van der Waals surface area contributed by atoms with Gasteiger partial charge in [0.2, 0.25) is 0 Å². The zero-order valence-corrected chi connectivity index (χ0v) is 32.7. The van der Waals surface area contributed by atoms with Gasteiger partial charge in [-0.3, -0.25) is 4.79 Å². The van der Waals surface area contributed by atoms with E-state index in [-0.39, 0.29) is 38.2 Å². The van der Waals surface area contributed by atoms with E-state index in [4.69, 9.17) is 34.0 Å². The number of aromatic amines is 2. The van der Waals surface area contributed by atoms with Gasteiger partial charge in [-0.15, -0.1) is 0 Å². The highest BCUT2D eigenvalue weighted by Gasteiger charge is 2.22. The summed E-state index contributed by atoms with van der Waals surface area (Å²) in [5.41, 5.74) is 10.5. The molecule has 2 aliphatic heterocycles. The Morgan fingerprint density at radius 3 is 1.62 bits per heavy atom. The van der Waals surface area contributed by atoms with Crippen molar-refractivity contribution in [2.45, 2.75) is 0 Å². The quantitative estimate of drug-likeness (QED) is 0.0702. The van der Waals surface area contributed by atoms with Crippen molar-refractivity contribution in [3.63, 3.8) is 0 Å². The largest absolute Gasteiger partial charge is 0.460 e. The molecule has 60 heavy (non-hydrogen) atoms. The zero-order chi connectivity index (χ0) is 41.6. The monoisotopic (exact) mass is 801 g/mol. The van der Waals surface area contributed by atoms with Crippen molar-refractivity contribution in [3.8, 4) is 33.4 Å². The fourth-order valence-corrected chi connectivity index (χ4v) is 7.14. The van der Waals surface area contributed by atoms with E-state index in [9.17, 15) is 14.4 Å². The third-order valence-corrected chi connectivity index (χ3v) is 9.87. The van der Waals surface area contributed by atoms with Crippen LogP contribution in [0.25, 0.3) is 79.8 Å². The summed E-state index contributed by atoms with van der Waals surface area (Å²) in [6.07, 6.45) is 7.50. The summed E-state index contributed by atoms with van der Waals surface area (Å²) in [6, 6.07) is 31.7. The Kier molecular flexibility index (Phi) is 11.5. The van der Waals surface area contributed by atoms with E-state index in [0.717, 1.165) is 38.9 Å². The molecule has 6 aromatic rings. The minimum Gasteiger partial charge on any atom is -0.460 e. The van der Waals surface area contributed by atoms with Crippen LogP contribution in [0.5, 0.6) is 0 Å². The molecule has 3 aromatic carbocycles. The molecule has 0 radical (unpaired) electrons. The maximum Gasteiger partial charge on any atom is 0.344 e. The minimum atomic E-state index is -0.658. The van der Waals surface area contributed by atoms with Crippen LogP contribution in [0.2, 0.25) is 0 Å². The number of ether oxygens (including phenoxy) is 4. The van der Waals surface area contributed by atoms with E-state index in [2.05, 4.69) is 15.3 Å². The molecule has 2 aliphatic rings. The molecule has 1 amide bonds. The van der Waals surface area contributed by atoms with Crippen molar-refractivity contribution >= 4 is 64.2 Å². The molecule has 0 spiro atoms. The molecule has 0 fully saturated rings. The summed E-state index contributed by atoms with van der Waals surface area (Å²) < 4.78 is 20.8. The lowest BCUT2D eigenvalue weighted by Gasteiger charge is -2.08. The Morgan fingerprint density at radius 1 is 0.567 bits per heavy atom. The summed E-state index contributed by atoms with van der Waals surface area (Å²) in [4.78, 5) is 56.7. The van der Waals surface area contributed by atoms with Gasteiger partial charge in [0.15, 0.2) is 6.79 Å². The van der Waals surface area contributed by atoms with E-state index in [1.165, 1.54) is 14.2 Å². The number of methoxy groups -OCH3 is 2. The molecule has 13 heteroatoms. The van der Waals surface area contributed by atoms with E-state index in [1.807, 2.05) is 78.9 Å². The molecule has 0 saturated heterocycles. The number of carbonyl (C=O) groups excluding carboxylic acids is 3. The summed E-state index contributed by atoms with van der Waals surface area (Å²) in [6.45, 7) is -0.590. The first kappa shape index (κ1) is 39.4. The van der Waals surface area contributed by atoms with Crippen LogP contribution in [0.15, 0.2) is 103 Å². The molecule has 13 nitrogen and oxygen atoms in total. The van der Waals surface area contributed by atoms with Crippen molar-refractivity contribution in [2.24, 2.45) is 0 Å². The molecule has 0 aliphatic carbocycles. The first-order valence-corrected chi connectivity index (χ1v) is 19.0. The SMILES string of the molecule is COCNC(=O)c1ccc(-c2c3nc(c(C(=O)OCOC)c4ccc([nH]4)c(-c4ccc(C(=O)OCCO)cc4)c4nc(c(-c5ccccc5)c5ccc2[nH]5)C=C4)C=C3)cc1. The van der Waals surface area contributed by atoms with Crippen LogP contribution < -0.4 is 5.32 Å². The van der Waals surface area contributed by atoms with Crippen molar-refractivity contribution in [1.82, 2.24) is 25.3 Å². The average molecular weight is 802 g/mol. The maximum absolute atomic E-state index is 13.9. The molecular weight excluding hydrogens is 763 g/mol. The highest BCUT2D eigenvalue weighted by molar-refractivity contribution is 6.04. The van der Waals surface area contributed by atoms with E-state index >= 15 is 0 Å². The summed E-state index contributed by atoms with van der Waals surface area (Å²) >= 11 is 0. The summed E-state index contributed by atoms with van der Waals surface area (Å²) in [7, 11) is 2.94. The molecule has 0 saturated carbocycles. The van der Waals surface area contributed by atoms with E-state index in [1.54, 1.807) is 48.5 Å². The van der Waals surface area contributed by atoms with Gasteiger partial charge < -0.3 is 39.3 Å². The van der Waals surface area contributed by atoms with Crippen LogP contribution >= 0.6 is 0 Å². The molecule has 8 rings (SSSR count). The zero-order valence-electron chi connectivity index (χ0n) is 32.7. The number of rotatable bonds is 12. The third-order valence-electron chi connectivity index (χ3n) is 9.87. The van der Waals surface area contributed by atoms with Gasteiger partial charge in [0.05, 0.1) is 40.5 Å². The lowest BCUT2D eigenvalue weighted by Crippen LogP contribution is -2.25. The lowest BCUT2D eigenvalue weighted by molar-refractivity contribution is -0.0124. The Balaban J connectivity index is 1.44. The van der Waals surface area contributed by atoms with Gasteiger partial charge in [0, 0.05) is 53.0 Å². The van der Waals surface area contributed by atoms with Gasteiger partial charge in [-0.05, 0) is 89.5 Å². The maximum atomic E-state index is 13.9.